The molecular formula is C21H22O6. The number of phenolic OH excluding ortho intramolecular Hbond substituents is 1. The molecule has 1 aromatic carbocycles. The smallest absolute Gasteiger partial charge is 0.302 e. The highest BCUT2D eigenvalue weighted by Crippen LogP contribution is 2.59. The Balaban J connectivity index is 1.87. The van der Waals surface area contributed by atoms with Gasteiger partial charge < -0.3 is 19.3 Å². The summed E-state index contributed by atoms with van der Waals surface area (Å²) < 4.78 is 17.2. The van der Waals surface area contributed by atoms with Crippen molar-refractivity contribution < 1.29 is 28.9 Å². The van der Waals surface area contributed by atoms with E-state index < -0.39 is 23.6 Å². The molecule has 0 fully saturated rings. The normalized spacial score (nSPS) is 27.7. The third-order valence-electron chi connectivity index (χ3n) is 5.46. The number of fused-ring (bicyclic) bond motifs is 2. The van der Waals surface area contributed by atoms with Gasteiger partial charge in [-0.2, -0.15) is 0 Å². The number of phenols is 1. The molecule has 6 nitrogen and oxygen atoms in total. The molecule has 27 heavy (non-hydrogen) atoms. The minimum Gasteiger partial charge on any atom is -0.507 e. The summed E-state index contributed by atoms with van der Waals surface area (Å²) in [5.41, 5.74) is 2.01. The van der Waals surface area contributed by atoms with Gasteiger partial charge in [-0.05, 0) is 56.2 Å². The van der Waals surface area contributed by atoms with E-state index in [1.807, 2.05) is 26.8 Å². The van der Waals surface area contributed by atoms with Crippen molar-refractivity contribution in [1.82, 2.24) is 0 Å². The van der Waals surface area contributed by atoms with Crippen molar-refractivity contribution in [2.24, 2.45) is 5.92 Å². The number of rotatable bonds is 4. The van der Waals surface area contributed by atoms with Crippen LogP contribution in [0.2, 0.25) is 0 Å². The predicted octanol–water partition coefficient (Wildman–Crippen LogP) is 2.88. The van der Waals surface area contributed by atoms with Crippen LogP contribution < -0.4 is 4.74 Å². The lowest BCUT2D eigenvalue weighted by atomic mass is 9.64. The number of hydrogen-bond acceptors (Lipinski definition) is 6. The van der Waals surface area contributed by atoms with Crippen LogP contribution in [0.4, 0.5) is 0 Å². The fourth-order valence-electron chi connectivity index (χ4n) is 4.37. The zero-order chi connectivity index (χ0) is 19.5. The highest BCUT2D eigenvalue weighted by molar-refractivity contribution is 6.04. The van der Waals surface area contributed by atoms with Crippen molar-refractivity contribution in [2.75, 3.05) is 6.61 Å². The molecule has 1 aliphatic heterocycles. The van der Waals surface area contributed by atoms with Crippen LogP contribution in [-0.4, -0.2) is 35.9 Å². The molecule has 0 saturated carbocycles. The average molecular weight is 370 g/mol. The molecule has 0 amide bonds. The molecule has 0 saturated heterocycles. The van der Waals surface area contributed by atoms with Crippen LogP contribution >= 0.6 is 0 Å². The number of benzene rings is 1. The zero-order valence-corrected chi connectivity index (χ0v) is 15.7. The van der Waals surface area contributed by atoms with Crippen LogP contribution in [0.25, 0.3) is 6.08 Å². The van der Waals surface area contributed by atoms with Crippen LogP contribution in [-0.2, 0) is 24.5 Å². The molecule has 0 unspecified atom stereocenters. The van der Waals surface area contributed by atoms with E-state index in [1.165, 1.54) is 13.0 Å². The molecule has 0 radical (unpaired) electrons. The van der Waals surface area contributed by atoms with E-state index in [1.54, 1.807) is 12.1 Å². The zero-order valence-electron chi connectivity index (χ0n) is 15.7. The summed E-state index contributed by atoms with van der Waals surface area (Å²) in [5, 5.41) is 10.5. The lowest BCUT2D eigenvalue weighted by molar-refractivity contribution is -0.148. The molecular weight excluding hydrogens is 348 g/mol. The van der Waals surface area contributed by atoms with E-state index in [0.29, 0.717) is 16.9 Å². The Labute approximate surface area is 157 Å². The second-order valence-electron chi connectivity index (χ2n) is 7.67. The first kappa shape index (κ1) is 17.8. The molecule has 4 rings (SSSR count). The molecule has 3 aliphatic rings. The van der Waals surface area contributed by atoms with Crippen LogP contribution in [0.1, 0.15) is 38.8 Å². The fourth-order valence-corrected chi connectivity index (χ4v) is 4.37. The topological polar surface area (TPSA) is 82.1 Å². The Morgan fingerprint density at radius 1 is 1.33 bits per heavy atom. The second-order valence-corrected chi connectivity index (χ2v) is 7.67. The van der Waals surface area contributed by atoms with Gasteiger partial charge in [-0.15, -0.1) is 0 Å². The van der Waals surface area contributed by atoms with Gasteiger partial charge in [-0.1, -0.05) is 0 Å². The minimum absolute atomic E-state index is 0.0197. The van der Waals surface area contributed by atoms with Gasteiger partial charge in [0, 0.05) is 18.1 Å². The monoisotopic (exact) mass is 370 g/mol. The quantitative estimate of drug-likeness (QED) is 0.821. The number of ketones is 1. The van der Waals surface area contributed by atoms with Gasteiger partial charge in [0.1, 0.15) is 18.1 Å². The van der Waals surface area contributed by atoms with E-state index in [4.69, 9.17) is 14.2 Å². The van der Waals surface area contributed by atoms with Crippen molar-refractivity contribution in [3.05, 3.63) is 40.5 Å². The maximum atomic E-state index is 13.0. The molecule has 0 aromatic heterocycles. The van der Waals surface area contributed by atoms with Crippen LogP contribution in [0.15, 0.2) is 29.4 Å². The first-order chi connectivity index (χ1) is 12.7. The van der Waals surface area contributed by atoms with Crippen LogP contribution in [0, 0.1) is 5.92 Å². The van der Waals surface area contributed by atoms with Gasteiger partial charge in [0.15, 0.2) is 5.78 Å². The van der Waals surface area contributed by atoms with Gasteiger partial charge in [0.25, 0.3) is 0 Å². The molecule has 1 heterocycles. The van der Waals surface area contributed by atoms with Gasteiger partial charge in [0.05, 0.1) is 17.4 Å². The molecule has 142 valence electrons. The number of ether oxygens (including phenoxy) is 3. The van der Waals surface area contributed by atoms with E-state index in [2.05, 4.69) is 0 Å². The number of esters is 1. The SMILES string of the molecule is CC(=O)OCC1=CC(=O)[C@H]2C1=Cc1c(O)ccc3c1[C@]2(C)[C@@H](OC(C)C)O3. The summed E-state index contributed by atoms with van der Waals surface area (Å²) >= 11 is 0. The standard InChI is InChI=1S/C21H22O6/c1-10(2)26-20-21(4)18-13(12(7-16(18)24)9-25-11(3)22)8-14-15(23)5-6-17(27-20)19(14)21/h5-8,10,18,20,23H,9H2,1-4H3/t18-,20+,21-/m1/s1. The highest BCUT2D eigenvalue weighted by Gasteiger charge is 2.59. The van der Waals surface area contributed by atoms with Crippen molar-refractivity contribution in [2.45, 2.75) is 45.5 Å². The van der Waals surface area contributed by atoms with Crippen molar-refractivity contribution in [3.8, 4) is 11.5 Å². The first-order valence-electron chi connectivity index (χ1n) is 9.01. The third-order valence-corrected chi connectivity index (χ3v) is 5.46. The number of allylic oxidation sites excluding steroid dienone is 1. The largest absolute Gasteiger partial charge is 0.507 e. The van der Waals surface area contributed by atoms with Crippen molar-refractivity contribution in [1.29, 1.82) is 0 Å². The Morgan fingerprint density at radius 3 is 2.74 bits per heavy atom. The van der Waals surface area contributed by atoms with Crippen molar-refractivity contribution in [3.63, 3.8) is 0 Å². The molecule has 1 aromatic rings. The van der Waals surface area contributed by atoms with E-state index in [9.17, 15) is 14.7 Å². The Bertz CT molecular complexity index is 909. The maximum absolute atomic E-state index is 13.0. The molecule has 1 N–H and O–H groups in total. The second kappa shape index (κ2) is 5.96. The Hall–Kier alpha value is -2.60. The minimum atomic E-state index is -0.788. The van der Waals surface area contributed by atoms with E-state index >= 15 is 0 Å². The third kappa shape index (κ3) is 2.51. The van der Waals surface area contributed by atoms with Gasteiger partial charge in [-0.25, -0.2) is 0 Å². The fraction of sp³-hybridized carbons (Fsp3) is 0.429. The molecule has 6 heteroatoms. The number of carbonyl (C=O) groups is 2. The number of carbonyl (C=O) groups excluding carboxylic acids is 2. The molecule has 0 spiro atoms. The summed E-state index contributed by atoms with van der Waals surface area (Å²) in [7, 11) is 0. The molecule has 2 aliphatic carbocycles. The number of hydrogen-bond donors (Lipinski definition) is 1. The number of aromatic hydroxyl groups is 1. The van der Waals surface area contributed by atoms with Crippen LogP contribution in [0.5, 0.6) is 11.5 Å². The van der Waals surface area contributed by atoms with Crippen LogP contribution in [0.3, 0.4) is 0 Å². The summed E-state index contributed by atoms with van der Waals surface area (Å²) in [6, 6.07) is 3.29. The Kier molecular flexibility index (Phi) is 3.93. The summed E-state index contributed by atoms with van der Waals surface area (Å²) in [5.74, 6) is -0.264. The van der Waals surface area contributed by atoms with E-state index in [-0.39, 0.29) is 24.2 Å². The maximum Gasteiger partial charge on any atom is 0.302 e. The Morgan fingerprint density at radius 2 is 2.07 bits per heavy atom. The van der Waals surface area contributed by atoms with Gasteiger partial charge in [0.2, 0.25) is 6.29 Å². The summed E-state index contributed by atoms with van der Waals surface area (Å²) in [4.78, 5) is 24.2. The lowest BCUT2D eigenvalue weighted by Gasteiger charge is -2.39. The molecule has 3 atom stereocenters. The molecule has 0 bridgehead atoms. The first-order valence-corrected chi connectivity index (χ1v) is 9.01. The average Bonchev–Trinajstić information content (AvgIpc) is 3.05. The highest BCUT2D eigenvalue weighted by atomic mass is 16.7. The predicted molar refractivity (Wildman–Crippen MR) is 97.3 cm³/mol. The summed E-state index contributed by atoms with van der Waals surface area (Å²) in [6.45, 7) is 7.11. The summed E-state index contributed by atoms with van der Waals surface area (Å²) in [6.07, 6.45) is 2.57. The van der Waals surface area contributed by atoms with Gasteiger partial charge >= 0.3 is 5.97 Å². The lowest BCUT2D eigenvalue weighted by Crippen LogP contribution is -2.48. The van der Waals surface area contributed by atoms with Gasteiger partial charge in [-0.3, -0.25) is 9.59 Å². The van der Waals surface area contributed by atoms with E-state index in [0.717, 1.165) is 11.1 Å². The van der Waals surface area contributed by atoms with Crippen molar-refractivity contribution >= 4 is 17.8 Å².